The summed E-state index contributed by atoms with van der Waals surface area (Å²) >= 11 is 7.56. The zero-order valence-corrected chi connectivity index (χ0v) is 9.19. The maximum Gasteiger partial charge on any atom is 0.105 e. The van der Waals surface area contributed by atoms with E-state index >= 15 is 0 Å². The fraction of sp³-hybridized carbons (Fsp3) is 0.100. The van der Waals surface area contributed by atoms with Crippen LogP contribution in [0.25, 0.3) is 10.6 Å². The molecule has 0 atom stereocenters. The van der Waals surface area contributed by atoms with Crippen molar-refractivity contribution in [3.8, 4) is 10.6 Å². The highest BCUT2D eigenvalue weighted by Gasteiger charge is 2.10. The van der Waals surface area contributed by atoms with Crippen LogP contribution in [0.4, 0.5) is 5.69 Å². The smallest absolute Gasteiger partial charge is 0.105 e. The summed E-state index contributed by atoms with van der Waals surface area (Å²) in [6.45, 7) is 1.96. The Morgan fingerprint density at radius 3 is 2.86 bits per heavy atom. The van der Waals surface area contributed by atoms with Crippen molar-refractivity contribution < 1.29 is 0 Å². The summed E-state index contributed by atoms with van der Waals surface area (Å²) in [5.41, 5.74) is 8.44. The van der Waals surface area contributed by atoms with Gasteiger partial charge in [0.2, 0.25) is 0 Å². The highest BCUT2D eigenvalue weighted by molar-refractivity contribution is 7.14. The van der Waals surface area contributed by atoms with Crippen LogP contribution in [0.5, 0.6) is 0 Å². The number of aryl methyl sites for hydroxylation is 1. The third-order valence-electron chi connectivity index (χ3n) is 2.04. The largest absolute Gasteiger partial charge is 0.397 e. The molecule has 0 saturated heterocycles. The Morgan fingerprint density at radius 2 is 2.21 bits per heavy atom. The van der Waals surface area contributed by atoms with Gasteiger partial charge in [-0.1, -0.05) is 11.6 Å². The lowest BCUT2D eigenvalue weighted by molar-refractivity contribution is 1.30. The van der Waals surface area contributed by atoms with Gasteiger partial charge in [-0.05, 0) is 30.0 Å². The fourth-order valence-corrected chi connectivity index (χ4v) is 2.37. The zero-order valence-electron chi connectivity index (χ0n) is 7.62. The average molecular weight is 225 g/mol. The molecule has 2 rings (SSSR count). The van der Waals surface area contributed by atoms with Crippen LogP contribution in [0.15, 0.2) is 23.7 Å². The van der Waals surface area contributed by atoms with Crippen molar-refractivity contribution in [2.24, 2.45) is 0 Å². The molecule has 2 heterocycles. The molecule has 0 spiro atoms. The van der Waals surface area contributed by atoms with Gasteiger partial charge >= 0.3 is 0 Å². The maximum absolute atomic E-state index is 6.01. The molecule has 0 radical (unpaired) electrons. The first-order valence-corrected chi connectivity index (χ1v) is 5.40. The number of halogens is 1. The van der Waals surface area contributed by atoms with Crippen molar-refractivity contribution in [2.75, 3.05) is 5.73 Å². The zero-order chi connectivity index (χ0) is 10.1. The quantitative estimate of drug-likeness (QED) is 0.807. The van der Waals surface area contributed by atoms with Crippen LogP contribution in [0.1, 0.15) is 5.56 Å². The predicted octanol–water partition coefficient (Wildman–Crippen LogP) is 3.35. The van der Waals surface area contributed by atoms with Crippen molar-refractivity contribution >= 4 is 28.6 Å². The number of thiophene rings is 1. The molecule has 2 aromatic heterocycles. The lowest BCUT2D eigenvalue weighted by Crippen LogP contribution is -1.95. The van der Waals surface area contributed by atoms with E-state index in [1.165, 1.54) is 0 Å². The second kappa shape index (κ2) is 3.59. The molecule has 0 saturated carbocycles. The van der Waals surface area contributed by atoms with Gasteiger partial charge < -0.3 is 5.73 Å². The van der Waals surface area contributed by atoms with Crippen molar-refractivity contribution in [2.45, 2.75) is 6.92 Å². The Bertz CT molecular complexity index is 465. The highest BCUT2D eigenvalue weighted by Crippen LogP contribution is 2.35. The third kappa shape index (κ3) is 1.49. The van der Waals surface area contributed by atoms with Crippen molar-refractivity contribution in [3.63, 3.8) is 0 Å². The van der Waals surface area contributed by atoms with E-state index in [0.717, 1.165) is 16.1 Å². The second-order valence-electron chi connectivity index (χ2n) is 2.99. The van der Waals surface area contributed by atoms with Gasteiger partial charge in [-0.2, -0.15) is 0 Å². The van der Waals surface area contributed by atoms with Crippen LogP contribution in [-0.2, 0) is 0 Å². The SMILES string of the molecule is Cc1ccnc(-c2sccc2Cl)c1N. The summed E-state index contributed by atoms with van der Waals surface area (Å²) in [6, 6.07) is 3.74. The van der Waals surface area contributed by atoms with Crippen molar-refractivity contribution in [1.82, 2.24) is 4.98 Å². The third-order valence-corrected chi connectivity index (χ3v) is 3.39. The maximum atomic E-state index is 6.01. The molecule has 2 N–H and O–H groups in total. The molecular weight excluding hydrogens is 216 g/mol. The first-order valence-electron chi connectivity index (χ1n) is 4.14. The molecule has 0 aliphatic heterocycles. The minimum atomic E-state index is 0.705. The number of nitrogens with two attached hydrogens (primary N) is 1. The number of nitrogens with zero attached hydrogens (tertiary/aromatic N) is 1. The summed E-state index contributed by atoms with van der Waals surface area (Å²) in [6.07, 6.45) is 1.75. The van der Waals surface area contributed by atoms with Gasteiger partial charge in [0, 0.05) is 6.20 Å². The van der Waals surface area contributed by atoms with Gasteiger partial charge in [0.25, 0.3) is 0 Å². The van der Waals surface area contributed by atoms with E-state index in [-0.39, 0.29) is 0 Å². The Labute approximate surface area is 91.4 Å². The number of rotatable bonds is 1. The van der Waals surface area contributed by atoms with Gasteiger partial charge in [-0.3, -0.25) is 4.98 Å². The first kappa shape index (κ1) is 9.49. The molecule has 2 nitrogen and oxygen atoms in total. The van der Waals surface area contributed by atoms with E-state index in [0.29, 0.717) is 10.7 Å². The molecule has 0 aliphatic carbocycles. The van der Waals surface area contributed by atoms with Gasteiger partial charge in [0.05, 0.1) is 15.6 Å². The summed E-state index contributed by atoms with van der Waals surface area (Å²) in [7, 11) is 0. The molecule has 0 aliphatic rings. The number of hydrogen-bond acceptors (Lipinski definition) is 3. The van der Waals surface area contributed by atoms with Crippen LogP contribution in [-0.4, -0.2) is 4.98 Å². The first-order chi connectivity index (χ1) is 6.70. The average Bonchev–Trinajstić information content (AvgIpc) is 2.57. The van der Waals surface area contributed by atoms with Crippen LogP contribution in [0, 0.1) is 6.92 Å². The summed E-state index contributed by atoms with van der Waals surface area (Å²) < 4.78 is 0. The van der Waals surface area contributed by atoms with Crippen molar-refractivity contribution in [3.05, 3.63) is 34.3 Å². The van der Waals surface area contributed by atoms with E-state index in [1.54, 1.807) is 17.5 Å². The van der Waals surface area contributed by atoms with E-state index in [4.69, 9.17) is 17.3 Å². The van der Waals surface area contributed by atoms with E-state index in [2.05, 4.69) is 4.98 Å². The molecule has 0 unspecified atom stereocenters. The Hall–Kier alpha value is -1.06. The number of hydrogen-bond donors (Lipinski definition) is 1. The lowest BCUT2D eigenvalue weighted by atomic mass is 10.2. The minimum Gasteiger partial charge on any atom is -0.397 e. The van der Waals surface area contributed by atoms with Crippen LogP contribution < -0.4 is 5.73 Å². The molecule has 14 heavy (non-hydrogen) atoms. The fourth-order valence-electron chi connectivity index (χ4n) is 1.21. The molecule has 0 fully saturated rings. The normalized spacial score (nSPS) is 10.4. The van der Waals surface area contributed by atoms with Gasteiger partial charge in [-0.15, -0.1) is 11.3 Å². The van der Waals surface area contributed by atoms with Gasteiger partial charge in [0.15, 0.2) is 0 Å². The highest BCUT2D eigenvalue weighted by atomic mass is 35.5. The standard InChI is InChI=1S/C10H9ClN2S/c1-6-2-4-13-9(8(6)12)10-7(11)3-5-14-10/h2-5H,12H2,1H3. The minimum absolute atomic E-state index is 0.705. The van der Waals surface area contributed by atoms with Gasteiger partial charge in [0.1, 0.15) is 5.69 Å². The molecule has 0 bridgehead atoms. The van der Waals surface area contributed by atoms with Crippen LogP contribution in [0.2, 0.25) is 5.02 Å². The molecule has 72 valence electrons. The number of anilines is 1. The molecule has 0 amide bonds. The van der Waals surface area contributed by atoms with Crippen molar-refractivity contribution in [1.29, 1.82) is 0 Å². The summed E-state index contributed by atoms with van der Waals surface area (Å²) in [5, 5.41) is 2.64. The monoisotopic (exact) mass is 224 g/mol. The molecule has 0 aromatic carbocycles. The molecular formula is C10H9ClN2S. The van der Waals surface area contributed by atoms with Crippen LogP contribution >= 0.6 is 22.9 Å². The predicted molar refractivity (Wildman–Crippen MR) is 61.7 cm³/mol. The Kier molecular flexibility index (Phi) is 2.44. The van der Waals surface area contributed by atoms with E-state index < -0.39 is 0 Å². The topological polar surface area (TPSA) is 38.9 Å². The van der Waals surface area contributed by atoms with E-state index in [1.807, 2.05) is 24.4 Å². The number of pyridine rings is 1. The summed E-state index contributed by atoms with van der Waals surface area (Å²) in [5.74, 6) is 0. The Morgan fingerprint density at radius 1 is 1.43 bits per heavy atom. The number of nitrogen functional groups attached to an aromatic ring is 1. The second-order valence-corrected chi connectivity index (χ2v) is 4.31. The number of aromatic nitrogens is 1. The molecule has 4 heteroatoms. The summed E-state index contributed by atoms with van der Waals surface area (Å²) in [4.78, 5) is 5.18. The van der Waals surface area contributed by atoms with E-state index in [9.17, 15) is 0 Å². The van der Waals surface area contributed by atoms with Crippen LogP contribution in [0.3, 0.4) is 0 Å². The lowest BCUT2D eigenvalue weighted by Gasteiger charge is -2.05. The molecule has 2 aromatic rings. The Balaban J connectivity index is 2.63. The van der Waals surface area contributed by atoms with Gasteiger partial charge in [-0.25, -0.2) is 0 Å².